The zero-order chi connectivity index (χ0) is 14.5. The van der Waals surface area contributed by atoms with E-state index in [1.54, 1.807) is 0 Å². The highest BCUT2D eigenvalue weighted by Gasteiger charge is 2.19. The lowest BCUT2D eigenvalue weighted by atomic mass is 9.96. The van der Waals surface area contributed by atoms with Crippen molar-refractivity contribution in [1.29, 1.82) is 0 Å². The third kappa shape index (κ3) is 4.21. The van der Waals surface area contributed by atoms with Gasteiger partial charge in [-0.3, -0.25) is 0 Å². The van der Waals surface area contributed by atoms with Crippen molar-refractivity contribution >= 4 is 27.6 Å². The fourth-order valence-corrected chi connectivity index (χ4v) is 2.79. The topological polar surface area (TPSA) is 50.4 Å². The Morgan fingerprint density at radius 1 is 1.50 bits per heavy atom. The van der Waals surface area contributed by atoms with Crippen molar-refractivity contribution in [3.05, 3.63) is 28.2 Å². The quantitative estimate of drug-likeness (QED) is 0.881. The third-order valence-corrected chi connectivity index (χ3v) is 4.52. The van der Waals surface area contributed by atoms with Gasteiger partial charge in [-0.2, -0.15) is 0 Å². The van der Waals surface area contributed by atoms with Gasteiger partial charge >= 0.3 is 6.03 Å². The summed E-state index contributed by atoms with van der Waals surface area (Å²) in [4.78, 5) is 11.9. The molecule has 0 radical (unpaired) electrons. The molecule has 1 fully saturated rings. The first-order valence-electron chi connectivity index (χ1n) is 6.98. The molecule has 1 heterocycles. The summed E-state index contributed by atoms with van der Waals surface area (Å²) in [5.74, 6) is 0.508. The Bertz CT molecular complexity index is 479. The predicted octanol–water partition coefficient (Wildman–Crippen LogP) is 3.69. The maximum absolute atomic E-state index is 11.9. The Hall–Kier alpha value is -1.07. The number of amides is 2. The van der Waals surface area contributed by atoms with E-state index in [1.807, 2.05) is 25.1 Å². The van der Waals surface area contributed by atoms with Gasteiger partial charge in [0, 0.05) is 23.3 Å². The number of carbonyl (C=O) groups excluding carboxylic acids is 1. The number of urea groups is 1. The van der Waals surface area contributed by atoms with Crippen LogP contribution in [0, 0.1) is 12.8 Å². The maximum atomic E-state index is 11.9. The first-order valence-corrected chi connectivity index (χ1v) is 7.77. The van der Waals surface area contributed by atoms with Crippen molar-refractivity contribution < 1.29 is 9.53 Å². The highest BCUT2D eigenvalue weighted by Crippen LogP contribution is 2.23. The summed E-state index contributed by atoms with van der Waals surface area (Å²) >= 11 is 3.46. The minimum atomic E-state index is -0.148. The lowest BCUT2D eigenvalue weighted by Gasteiger charge is -2.27. The van der Waals surface area contributed by atoms with Crippen LogP contribution < -0.4 is 10.6 Å². The standard InChI is InChI=1S/C15H21BrN2O2/c1-10-8-12(6-7-20-10)9-17-15(19)18-14-5-3-4-13(16)11(14)2/h3-5,10,12H,6-9H2,1-2H3,(H2,17,18,19)/t10-,12+/m0/s1. The number of nitrogens with one attached hydrogen (secondary N) is 2. The minimum Gasteiger partial charge on any atom is -0.378 e. The predicted molar refractivity (Wildman–Crippen MR) is 84.0 cm³/mol. The van der Waals surface area contributed by atoms with Gasteiger partial charge in [-0.1, -0.05) is 22.0 Å². The van der Waals surface area contributed by atoms with Crippen molar-refractivity contribution in [2.24, 2.45) is 5.92 Å². The molecule has 1 aromatic rings. The van der Waals surface area contributed by atoms with Gasteiger partial charge in [0.1, 0.15) is 0 Å². The molecular formula is C15H21BrN2O2. The second-order valence-corrected chi connectivity index (χ2v) is 6.17. The van der Waals surface area contributed by atoms with E-state index < -0.39 is 0 Å². The van der Waals surface area contributed by atoms with Crippen LogP contribution in [0.25, 0.3) is 0 Å². The molecule has 1 saturated heterocycles. The van der Waals surface area contributed by atoms with Crippen LogP contribution in [0.15, 0.2) is 22.7 Å². The molecule has 2 amide bonds. The van der Waals surface area contributed by atoms with Crippen molar-refractivity contribution in [2.45, 2.75) is 32.8 Å². The number of carbonyl (C=O) groups is 1. The van der Waals surface area contributed by atoms with Crippen molar-refractivity contribution in [3.8, 4) is 0 Å². The summed E-state index contributed by atoms with van der Waals surface area (Å²) in [5, 5.41) is 5.84. The van der Waals surface area contributed by atoms with Gasteiger partial charge in [0.2, 0.25) is 0 Å². The first kappa shape index (κ1) is 15.3. The van der Waals surface area contributed by atoms with Crippen molar-refractivity contribution in [3.63, 3.8) is 0 Å². The van der Waals surface area contributed by atoms with E-state index in [0.717, 1.165) is 35.2 Å². The van der Waals surface area contributed by atoms with Crippen molar-refractivity contribution in [1.82, 2.24) is 5.32 Å². The molecule has 1 aliphatic rings. The van der Waals surface area contributed by atoms with Crippen molar-refractivity contribution in [2.75, 3.05) is 18.5 Å². The van der Waals surface area contributed by atoms with Gasteiger partial charge in [0.25, 0.3) is 0 Å². The lowest BCUT2D eigenvalue weighted by molar-refractivity contribution is 0.00354. The largest absolute Gasteiger partial charge is 0.378 e. The molecule has 5 heteroatoms. The molecule has 1 aliphatic heterocycles. The fourth-order valence-electron chi connectivity index (χ4n) is 2.42. The number of hydrogen-bond donors (Lipinski definition) is 2. The Balaban J connectivity index is 1.82. The molecule has 110 valence electrons. The number of ether oxygens (including phenoxy) is 1. The van der Waals surface area contributed by atoms with Crippen LogP contribution in [-0.4, -0.2) is 25.3 Å². The summed E-state index contributed by atoms with van der Waals surface area (Å²) in [6.07, 6.45) is 2.32. The summed E-state index contributed by atoms with van der Waals surface area (Å²) in [7, 11) is 0. The zero-order valence-corrected chi connectivity index (χ0v) is 13.5. The highest BCUT2D eigenvalue weighted by atomic mass is 79.9. The number of anilines is 1. The van der Waals surface area contributed by atoms with Crippen LogP contribution in [0.3, 0.4) is 0 Å². The Labute approximate surface area is 128 Å². The third-order valence-electron chi connectivity index (χ3n) is 3.66. The van der Waals surface area contributed by atoms with Gasteiger partial charge in [0.15, 0.2) is 0 Å². The molecule has 2 N–H and O–H groups in total. The SMILES string of the molecule is Cc1c(Br)cccc1NC(=O)NC[C@@H]1CCO[C@@H](C)C1. The van der Waals surface area contributed by atoms with E-state index in [2.05, 4.69) is 33.5 Å². The second kappa shape index (κ2) is 7.09. The van der Waals surface area contributed by atoms with Gasteiger partial charge < -0.3 is 15.4 Å². The van der Waals surface area contributed by atoms with Gasteiger partial charge in [-0.25, -0.2) is 4.79 Å². The molecule has 4 nitrogen and oxygen atoms in total. The monoisotopic (exact) mass is 340 g/mol. The van der Waals surface area contributed by atoms with Crippen LogP contribution in [0.2, 0.25) is 0 Å². The van der Waals surface area contributed by atoms with Gasteiger partial charge in [-0.05, 0) is 50.3 Å². The first-order chi connectivity index (χ1) is 9.56. The Morgan fingerprint density at radius 3 is 3.05 bits per heavy atom. The molecule has 0 aliphatic carbocycles. The molecule has 0 bridgehead atoms. The average molecular weight is 341 g/mol. The number of rotatable bonds is 3. The van der Waals surface area contributed by atoms with Gasteiger partial charge in [-0.15, -0.1) is 0 Å². The van der Waals surface area contributed by atoms with Crippen LogP contribution >= 0.6 is 15.9 Å². The van der Waals surface area contributed by atoms with E-state index in [9.17, 15) is 4.79 Å². The molecule has 2 atom stereocenters. The normalized spacial score (nSPS) is 22.4. The molecule has 0 aromatic heterocycles. The molecule has 0 saturated carbocycles. The molecule has 0 unspecified atom stereocenters. The lowest BCUT2D eigenvalue weighted by Crippen LogP contribution is -2.36. The Morgan fingerprint density at radius 2 is 2.30 bits per heavy atom. The molecule has 1 aromatic carbocycles. The van der Waals surface area contributed by atoms with E-state index in [1.165, 1.54) is 0 Å². The molecule has 20 heavy (non-hydrogen) atoms. The smallest absolute Gasteiger partial charge is 0.319 e. The summed E-state index contributed by atoms with van der Waals surface area (Å²) in [6, 6.07) is 5.62. The minimum absolute atomic E-state index is 0.148. The van der Waals surface area contributed by atoms with Crippen LogP contribution in [0.4, 0.5) is 10.5 Å². The highest BCUT2D eigenvalue weighted by molar-refractivity contribution is 9.10. The number of hydrogen-bond acceptors (Lipinski definition) is 2. The van der Waals surface area contributed by atoms with Crippen LogP contribution in [0.1, 0.15) is 25.3 Å². The molecule has 0 spiro atoms. The fraction of sp³-hybridized carbons (Fsp3) is 0.533. The summed E-state index contributed by atoms with van der Waals surface area (Å²) < 4.78 is 6.50. The summed E-state index contributed by atoms with van der Waals surface area (Å²) in [5.41, 5.74) is 1.86. The van der Waals surface area contributed by atoms with E-state index in [-0.39, 0.29) is 6.03 Å². The molecule has 2 rings (SSSR count). The maximum Gasteiger partial charge on any atom is 0.319 e. The van der Waals surface area contributed by atoms with E-state index in [4.69, 9.17) is 4.74 Å². The second-order valence-electron chi connectivity index (χ2n) is 5.32. The Kier molecular flexibility index (Phi) is 5.43. The van der Waals surface area contributed by atoms with E-state index in [0.29, 0.717) is 18.6 Å². The average Bonchev–Trinajstić information content (AvgIpc) is 2.42. The summed E-state index contributed by atoms with van der Waals surface area (Å²) in [6.45, 7) is 5.55. The van der Waals surface area contributed by atoms with Gasteiger partial charge in [0.05, 0.1) is 6.10 Å². The van der Waals surface area contributed by atoms with Crippen LogP contribution in [0.5, 0.6) is 0 Å². The van der Waals surface area contributed by atoms with Crippen LogP contribution in [-0.2, 0) is 4.74 Å². The number of halogens is 1. The zero-order valence-electron chi connectivity index (χ0n) is 11.9. The molecular weight excluding hydrogens is 320 g/mol. The van der Waals surface area contributed by atoms with E-state index >= 15 is 0 Å². The number of benzene rings is 1.